The molecule has 6 heteroatoms. The molecule has 0 aromatic heterocycles. The Morgan fingerprint density at radius 1 is 1.40 bits per heavy atom. The van der Waals surface area contributed by atoms with Crippen molar-refractivity contribution in [3.63, 3.8) is 0 Å². The maximum atomic E-state index is 12.0. The normalized spacial score (nSPS) is 18.3. The number of methoxy groups -OCH3 is 1. The number of carbonyl (C=O) groups excluding carboxylic acids is 3. The first-order valence-corrected chi connectivity index (χ1v) is 6.85. The zero-order valence-electron chi connectivity index (χ0n) is 12.1. The summed E-state index contributed by atoms with van der Waals surface area (Å²) in [6, 6.07) is -0.507. The van der Waals surface area contributed by atoms with E-state index in [-0.39, 0.29) is 18.4 Å². The molecule has 2 amide bonds. The number of carbonyl (C=O) groups is 3. The van der Waals surface area contributed by atoms with Gasteiger partial charge in [0.2, 0.25) is 11.8 Å². The molecule has 1 fully saturated rings. The van der Waals surface area contributed by atoms with Crippen LogP contribution in [0.2, 0.25) is 0 Å². The summed E-state index contributed by atoms with van der Waals surface area (Å²) in [5, 5.41) is 2.58. The number of rotatable bonds is 6. The van der Waals surface area contributed by atoms with Crippen molar-refractivity contribution in [2.24, 2.45) is 0 Å². The van der Waals surface area contributed by atoms with Crippen molar-refractivity contribution in [2.45, 2.75) is 38.6 Å². The number of hydrogen-bond donors (Lipinski definition) is 1. The van der Waals surface area contributed by atoms with E-state index in [4.69, 9.17) is 0 Å². The highest BCUT2D eigenvalue weighted by atomic mass is 16.5. The monoisotopic (exact) mass is 282 g/mol. The van der Waals surface area contributed by atoms with Crippen LogP contribution < -0.4 is 5.32 Å². The van der Waals surface area contributed by atoms with Gasteiger partial charge < -0.3 is 15.0 Å². The fourth-order valence-electron chi connectivity index (χ4n) is 2.19. The van der Waals surface area contributed by atoms with Crippen LogP contribution in [0.5, 0.6) is 0 Å². The highest BCUT2D eigenvalue weighted by molar-refractivity contribution is 5.88. The van der Waals surface area contributed by atoms with Gasteiger partial charge in [-0.25, -0.2) is 4.79 Å². The largest absolute Gasteiger partial charge is 0.467 e. The van der Waals surface area contributed by atoms with E-state index in [1.165, 1.54) is 12.0 Å². The molecule has 6 nitrogen and oxygen atoms in total. The van der Waals surface area contributed by atoms with Crippen molar-refractivity contribution in [1.82, 2.24) is 10.2 Å². The summed E-state index contributed by atoms with van der Waals surface area (Å²) in [4.78, 5) is 36.5. The molecule has 1 aliphatic heterocycles. The highest BCUT2D eigenvalue weighted by Crippen LogP contribution is 2.18. The molecule has 1 atom stereocenters. The zero-order chi connectivity index (χ0) is 15.0. The predicted octanol–water partition coefficient (Wildman–Crippen LogP) is 0.623. The molecule has 0 spiro atoms. The van der Waals surface area contributed by atoms with Gasteiger partial charge in [0.05, 0.1) is 13.7 Å². The summed E-state index contributed by atoms with van der Waals surface area (Å²) in [7, 11) is 1.31. The molecule has 20 heavy (non-hydrogen) atoms. The maximum Gasteiger partial charge on any atom is 0.328 e. The first-order chi connectivity index (χ1) is 9.60. The smallest absolute Gasteiger partial charge is 0.328 e. The van der Waals surface area contributed by atoms with Crippen LogP contribution in [-0.2, 0) is 19.1 Å². The molecular weight excluding hydrogens is 260 g/mol. The molecule has 112 valence electrons. The van der Waals surface area contributed by atoms with Crippen molar-refractivity contribution in [2.75, 3.05) is 20.2 Å². The number of esters is 1. The quantitative estimate of drug-likeness (QED) is 0.572. The van der Waals surface area contributed by atoms with Gasteiger partial charge in [-0.3, -0.25) is 9.59 Å². The molecule has 0 radical (unpaired) electrons. The summed E-state index contributed by atoms with van der Waals surface area (Å²) in [6.45, 7) is 2.36. The van der Waals surface area contributed by atoms with Crippen LogP contribution in [0.4, 0.5) is 0 Å². The Hall–Kier alpha value is -1.85. The number of hydrogen-bond acceptors (Lipinski definition) is 4. The molecule has 0 aromatic rings. The van der Waals surface area contributed by atoms with Gasteiger partial charge in [-0.15, -0.1) is 0 Å². The summed E-state index contributed by atoms with van der Waals surface area (Å²) < 4.78 is 4.68. The molecule has 0 bridgehead atoms. The van der Waals surface area contributed by atoms with E-state index in [0.29, 0.717) is 25.8 Å². The van der Waals surface area contributed by atoms with Gasteiger partial charge in [0, 0.05) is 13.0 Å². The van der Waals surface area contributed by atoms with Crippen LogP contribution >= 0.6 is 0 Å². The molecule has 1 unspecified atom stereocenters. The van der Waals surface area contributed by atoms with Crippen LogP contribution in [0.25, 0.3) is 0 Å². The van der Waals surface area contributed by atoms with Crippen molar-refractivity contribution in [1.29, 1.82) is 0 Å². The number of ether oxygens (including phenoxy) is 1. The molecule has 0 saturated carbocycles. The molecular formula is C14H22N2O4. The second kappa shape index (κ2) is 8.35. The predicted molar refractivity (Wildman–Crippen MR) is 73.8 cm³/mol. The second-order valence-electron chi connectivity index (χ2n) is 4.65. The van der Waals surface area contributed by atoms with E-state index >= 15 is 0 Å². The lowest BCUT2D eigenvalue weighted by Crippen LogP contribution is -2.45. The third-order valence-electron chi connectivity index (χ3n) is 3.26. The number of allylic oxidation sites excluding steroid dienone is 2. The lowest BCUT2D eigenvalue weighted by molar-refractivity contribution is -0.150. The Balaban J connectivity index is 2.38. The zero-order valence-corrected chi connectivity index (χ0v) is 12.1. The Bertz CT molecular complexity index is 393. The third kappa shape index (κ3) is 4.68. The molecule has 1 rings (SSSR count). The van der Waals surface area contributed by atoms with E-state index in [1.54, 1.807) is 0 Å². The van der Waals surface area contributed by atoms with Gasteiger partial charge in [0.15, 0.2) is 0 Å². The molecule has 1 aliphatic rings. The van der Waals surface area contributed by atoms with E-state index in [9.17, 15) is 14.4 Å². The SMILES string of the molecule is C/C=C\CCC(=O)NCC(=O)N1CCCC1C(=O)OC. The molecule has 1 heterocycles. The highest BCUT2D eigenvalue weighted by Gasteiger charge is 2.34. The first-order valence-electron chi connectivity index (χ1n) is 6.85. The van der Waals surface area contributed by atoms with Crippen LogP contribution in [0.3, 0.4) is 0 Å². The van der Waals surface area contributed by atoms with Gasteiger partial charge >= 0.3 is 5.97 Å². The second-order valence-corrected chi connectivity index (χ2v) is 4.65. The van der Waals surface area contributed by atoms with Gasteiger partial charge in [-0.2, -0.15) is 0 Å². The third-order valence-corrected chi connectivity index (χ3v) is 3.26. The summed E-state index contributed by atoms with van der Waals surface area (Å²) in [5.74, 6) is -0.794. The van der Waals surface area contributed by atoms with E-state index in [2.05, 4.69) is 10.1 Å². The summed E-state index contributed by atoms with van der Waals surface area (Å²) in [5.41, 5.74) is 0. The number of amides is 2. The Morgan fingerprint density at radius 2 is 2.15 bits per heavy atom. The van der Waals surface area contributed by atoms with Crippen molar-refractivity contribution in [3.8, 4) is 0 Å². The molecule has 1 saturated heterocycles. The van der Waals surface area contributed by atoms with Gasteiger partial charge in [-0.1, -0.05) is 12.2 Å². The average molecular weight is 282 g/mol. The van der Waals surface area contributed by atoms with Crippen molar-refractivity contribution in [3.05, 3.63) is 12.2 Å². The van der Waals surface area contributed by atoms with E-state index in [1.807, 2.05) is 19.1 Å². The van der Waals surface area contributed by atoms with Gasteiger partial charge in [0.25, 0.3) is 0 Å². The fraction of sp³-hybridized carbons (Fsp3) is 0.643. The number of nitrogens with zero attached hydrogens (tertiary/aromatic N) is 1. The van der Waals surface area contributed by atoms with Gasteiger partial charge in [0.1, 0.15) is 6.04 Å². The Kier molecular flexibility index (Phi) is 6.76. The van der Waals surface area contributed by atoms with Crippen molar-refractivity contribution >= 4 is 17.8 Å². The minimum atomic E-state index is -0.507. The van der Waals surface area contributed by atoms with E-state index < -0.39 is 12.0 Å². The lowest BCUT2D eigenvalue weighted by atomic mass is 10.2. The van der Waals surface area contributed by atoms with Crippen LogP contribution in [0, 0.1) is 0 Å². The molecule has 1 N–H and O–H groups in total. The Labute approximate surface area is 119 Å². The summed E-state index contributed by atoms with van der Waals surface area (Å²) >= 11 is 0. The fourth-order valence-corrected chi connectivity index (χ4v) is 2.19. The Morgan fingerprint density at radius 3 is 2.80 bits per heavy atom. The number of likely N-dealkylation sites (tertiary alicyclic amines) is 1. The molecule has 0 aromatic carbocycles. The minimum Gasteiger partial charge on any atom is -0.467 e. The number of nitrogens with one attached hydrogen (secondary N) is 1. The summed E-state index contributed by atoms with van der Waals surface area (Å²) in [6.07, 6.45) is 6.19. The van der Waals surface area contributed by atoms with Crippen LogP contribution in [0.15, 0.2) is 12.2 Å². The average Bonchev–Trinajstić information content (AvgIpc) is 2.93. The van der Waals surface area contributed by atoms with Crippen LogP contribution in [0.1, 0.15) is 32.6 Å². The van der Waals surface area contributed by atoms with E-state index in [0.717, 1.165) is 6.42 Å². The topological polar surface area (TPSA) is 75.7 Å². The first kappa shape index (κ1) is 16.2. The minimum absolute atomic E-state index is 0.0673. The molecule has 0 aliphatic carbocycles. The maximum absolute atomic E-state index is 12.0. The standard InChI is InChI=1S/C14H22N2O4/c1-3-4-5-8-12(17)15-10-13(18)16-9-6-7-11(16)14(19)20-2/h3-4,11H,5-10H2,1-2H3,(H,15,17)/b4-3-. The van der Waals surface area contributed by atoms with Crippen LogP contribution in [-0.4, -0.2) is 48.9 Å². The van der Waals surface area contributed by atoms with Gasteiger partial charge in [-0.05, 0) is 26.2 Å². The lowest BCUT2D eigenvalue weighted by Gasteiger charge is -2.22. The van der Waals surface area contributed by atoms with Crippen molar-refractivity contribution < 1.29 is 19.1 Å².